The Morgan fingerprint density at radius 3 is 3.06 bits per heavy atom. The second-order valence-corrected chi connectivity index (χ2v) is 4.70. The lowest BCUT2D eigenvalue weighted by atomic mass is 10.1. The summed E-state index contributed by atoms with van der Waals surface area (Å²) in [6.45, 7) is 4.50. The van der Waals surface area contributed by atoms with Gasteiger partial charge in [0, 0.05) is 16.6 Å². The van der Waals surface area contributed by atoms with Crippen molar-refractivity contribution in [3.8, 4) is 5.75 Å². The van der Waals surface area contributed by atoms with Gasteiger partial charge >= 0.3 is 0 Å². The Balaban J connectivity index is 2.22. The molecule has 5 heteroatoms. The molecule has 2 rings (SSSR count). The molecule has 0 bridgehead atoms. The summed E-state index contributed by atoms with van der Waals surface area (Å²) in [5.74, 6) is 1.21. The largest absolute Gasteiger partial charge is 0.491 e. The van der Waals surface area contributed by atoms with Gasteiger partial charge in [-0.3, -0.25) is 0 Å². The van der Waals surface area contributed by atoms with Gasteiger partial charge in [-0.05, 0) is 26.0 Å². The third kappa shape index (κ3) is 2.64. The first-order valence-electron chi connectivity index (χ1n) is 5.59. The zero-order valence-corrected chi connectivity index (χ0v) is 10.7. The van der Waals surface area contributed by atoms with E-state index in [1.54, 1.807) is 0 Å². The number of guanidine groups is 1. The Bertz CT molecular complexity index is 445. The van der Waals surface area contributed by atoms with E-state index in [9.17, 15) is 0 Å². The van der Waals surface area contributed by atoms with Crippen LogP contribution >= 0.6 is 11.6 Å². The van der Waals surface area contributed by atoms with Gasteiger partial charge in [0.2, 0.25) is 0 Å². The van der Waals surface area contributed by atoms with Crippen molar-refractivity contribution in [3.05, 3.63) is 28.8 Å². The molecule has 1 unspecified atom stereocenters. The molecule has 1 atom stereocenters. The van der Waals surface area contributed by atoms with Gasteiger partial charge in [0.05, 0.1) is 0 Å². The van der Waals surface area contributed by atoms with Crippen molar-refractivity contribution < 1.29 is 4.74 Å². The van der Waals surface area contributed by atoms with Gasteiger partial charge in [0.15, 0.2) is 5.96 Å². The molecule has 0 fully saturated rings. The molecule has 0 spiro atoms. The van der Waals surface area contributed by atoms with Crippen LogP contribution in [0.1, 0.15) is 25.5 Å². The van der Waals surface area contributed by atoms with Gasteiger partial charge in [-0.25, -0.2) is 4.99 Å². The van der Waals surface area contributed by atoms with E-state index in [0.717, 1.165) is 11.3 Å². The molecule has 1 aliphatic rings. The number of fused-ring (bicyclic) bond motifs is 1. The lowest BCUT2D eigenvalue weighted by molar-refractivity contribution is 0.333. The van der Waals surface area contributed by atoms with Crippen molar-refractivity contribution in [1.82, 2.24) is 5.32 Å². The number of nitrogens with zero attached hydrogens (tertiary/aromatic N) is 1. The maximum absolute atomic E-state index is 6.14. The normalized spacial score (nSPS) is 19.1. The van der Waals surface area contributed by atoms with Crippen molar-refractivity contribution in [2.75, 3.05) is 6.61 Å². The summed E-state index contributed by atoms with van der Waals surface area (Å²) in [7, 11) is 0. The number of hydrogen-bond acceptors (Lipinski definition) is 2. The molecular weight excluding hydrogens is 238 g/mol. The molecule has 0 aromatic heterocycles. The third-order valence-electron chi connectivity index (χ3n) is 2.47. The number of benzene rings is 1. The molecule has 92 valence electrons. The average Bonchev–Trinajstić information content (AvgIpc) is 2.61. The van der Waals surface area contributed by atoms with Crippen LogP contribution in [-0.4, -0.2) is 18.6 Å². The fourth-order valence-electron chi connectivity index (χ4n) is 1.82. The number of aliphatic imine (C=N–C) groups is 1. The Morgan fingerprint density at radius 2 is 2.35 bits per heavy atom. The van der Waals surface area contributed by atoms with Gasteiger partial charge in [0.25, 0.3) is 0 Å². The Hall–Kier alpha value is -1.42. The summed E-state index contributed by atoms with van der Waals surface area (Å²) in [6.07, 6.45) is 0. The number of ether oxygens (including phenoxy) is 1. The van der Waals surface area contributed by atoms with E-state index in [1.165, 1.54) is 0 Å². The van der Waals surface area contributed by atoms with E-state index in [0.29, 0.717) is 17.6 Å². The quantitative estimate of drug-likeness (QED) is 0.627. The van der Waals surface area contributed by atoms with E-state index >= 15 is 0 Å². The summed E-state index contributed by atoms with van der Waals surface area (Å²) < 4.78 is 5.52. The lowest BCUT2D eigenvalue weighted by Gasteiger charge is -2.11. The molecule has 1 aliphatic heterocycles. The predicted molar refractivity (Wildman–Crippen MR) is 69.6 cm³/mol. The van der Waals surface area contributed by atoms with E-state index in [2.05, 4.69) is 10.3 Å². The standard InChI is InChI=1S/C12H16ClN3O/c1-7(2)15-12(14)16-9-6-17-10-5-3-4-8(13)11(9)10/h3-5,7,9H,6H2,1-2H3,(H3,14,15,16). The van der Waals surface area contributed by atoms with Gasteiger partial charge in [-0.1, -0.05) is 17.7 Å². The van der Waals surface area contributed by atoms with Crippen LogP contribution in [0.5, 0.6) is 5.75 Å². The SMILES string of the molecule is CC(C)NC(N)=NC1COc2cccc(Cl)c21. The summed E-state index contributed by atoms with van der Waals surface area (Å²) >= 11 is 6.14. The highest BCUT2D eigenvalue weighted by molar-refractivity contribution is 6.31. The van der Waals surface area contributed by atoms with Crippen molar-refractivity contribution in [3.63, 3.8) is 0 Å². The van der Waals surface area contributed by atoms with Crippen LogP contribution in [0.25, 0.3) is 0 Å². The van der Waals surface area contributed by atoms with E-state index in [1.807, 2.05) is 32.0 Å². The summed E-state index contributed by atoms with van der Waals surface area (Å²) in [6, 6.07) is 5.73. The minimum atomic E-state index is -0.120. The minimum absolute atomic E-state index is 0.120. The lowest BCUT2D eigenvalue weighted by Crippen LogP contribution is -2.37. The molecule has 1 heterocycles. The molecule has 4 nitrogen and oxygen atoms in total. The van der Waals surface area contributed by atoms with Crippen LogP contribution < -0.4 is 15.8 Å². The first-order valence-corrected chi connectivity index (χ1v) is 5.96. The van der Waals surface area contributed by atoms with E-state index in [-0.39, 0.29) is 12.1 Å². The number of nitrogens with two attached hydrogens (primary N) is 1. The van der Waals surface area contributed by atoms with Gasteiger partial charge in [-0.15, -0.1) is 0 Å². The predicted octanol–water partition coefficient (Wildman–Crippen LogP) is 2.09. The molecule has 17 heavy (non-hydrogen) atoms. The van der Waals surface area contributed by atoms with Crippen LogP contribution in [0, 0.1) is 0 Å². The number of hydrogen-bond donors (Lipinski definition) is 2. The van der Waals surface area contributed by atoms with Gasteiger partial charge in [0.1, 0.15) is 18.4 Å². The Morgan fingerprint density at radius 1 is 1.59 bits per heavy atom. The van der Waals surface area contributed by atoms with Crippen LogP contribution in [0.3, 0.4) is 0 Å². The fourth-order valence-corrected chi connectivity index (χ4v) is 2.11. The van der Waals surface area contributed by atoms with Crippen LogP contribution in [0.2, 0.25) is 5.02 Å². The van der Waals surface area contributed by atoms with E-state index < -0.39 is 0 Å². The smallest absolute Gasteiger partial charge is 0.189 e. The fraction of sp³-hybridized carbons (Fsp3) is 0.417. The van der Waals surface area contributed by atoms with Gasteiger partial charge in [-0.2, -0.15) is 0 Å². The zero-order chi connectivity index (χ0) is 12.4. The van der Waals surface area contributed by atoms with Crippen molar-refractivity contribution in [2.24, 2.45) is 10.7 Å². The molecule has 3 N–H and O–H groups in total. The first kappa shape index (κ1) is 12.0. The number of nitrogens with one attached hydrogen (secondary N) is 1. The molecule has 0 saturated heterocycles. The summed E-state index contributed by atoms with van der Waals surface area (Å²) in [5.41, 5.74) is 6.72. The highest BCUT2D eigenvalue weighted by atomic mass is 35.5. The summed E-state index contributed by atoms with van der Waals surface area (Å²) in [5, 5.41) is 3.72. The van der Waals surface area contributed by atoms with Crippen LogP contribution in [0.15, 0.2) is 23.2 Å². The summed E-state index contributed by atoms with van der Waals surface area (Å²) in [4.78, 5) is 4.39. The molecule has 0 aliphatic carbocycles. The second kappa shape index (κ2) is 4.84. The minimum Gasteiger partial charge on any atom is -0.491 e. The monoisotopic (exact) mass is 253 g/mol. The molecule has 0 radical (unpaired) electrons. The molecule has 0 amide bonds. The Kier molecular flexibility index (Phi) is 3.43. The second-order valence-electron chi connectivity index (χ2n) is 4.29. The third-order valence-corrected chi connectivity index (χ3v) is 2.80. The van der Waals surface area contributed by atoms with Gasteiger partial charge < -0.3 is 15.8 Å². The highest BCUT2D eigenvalue weighted by Crippen LogP contribution is 2.39. The molecular formula is C12H16ClN3O. The van der Waals surface area contributed by atoms with E-state index in [4.69, 9.17) is 22.1 Å². The van der Waals surface area contributed by atoms with Crippen molar-refractivity contribution >= 4 is 17.6 Å². The van der Waals surface area contributed by atoms with Crippen molar-refractivity contribution in [2.45, 2.75) is 25.9 Å². The highest BCUT2D eigenvalue weighted by Gasteiger charge is 2.26. The maximum Gasteiger partial charge on any atom is 0.189 e. The first-order chi connectivity index (χ1) is 8.08. The topological polar surface area (TPSA) is 59.6 Å². The number of halogens is 1. The van der Waals surface area contributed by atoms with Crippen molar-refractivity contribution in [1.29, 1.82) is 0 Å². The molecule has 1 aromatic rings. The Labute approximate surface area is 106 Å². The van der Waals surface area contributed by atoms with Crippen LogP contribution in [0.4, 0.5) is 0 Å². The molecule has 1 aromatic carbocycles. The molecule has 0 saturated carbocycles. The average molecular weight is 254 g/mol. The maximum atomic E-state index is 6.14. The number of rotatable bonds is 2. The zero-order valence-electron chi connectivity index (χ0n) is 9.90. The van der Waals surface area contributed by atoms with Crippen LogP contribution in [-0.2, 0) is 0 Å².